The molecule has 3 rings (SSSR count). The largest absolute Gasteiger partial charge is 0.495 e. The van der Waals surface area contributed by atoms with Crippen LogP contribution in [0.3, 0.4) is 0 Å². The average molecular weight is 494 g/mol. The van der Waals surface area contributed by atoms with E-state index < -0.39 is 0 Å². The van der Waals surface area contributed by atoms with E-state index in [0.717, 1.165) is 5.56 Å². The van der Waals surface area contributed by atoms with Gasteiger partial charge in [0.15, 0.2) is 11.0 Å². The lowest BCUT2D eigenvalue weighted by atomic mass is 10.0. The van der Waals surface area contributed by atoms with Gasteiger partial charge in [0.2, 0.25) is 5.91 Å². The number of nitrogens with zero attached hydrogens (tertiary/aromatic N) is 3. The van der Waals surface area contributed by atoms with Crippen molar-refractivity contribution in [3.63, 3.8) is 0 Å². The third-order valence-corrected chi connectivity index (χ3v) is 6.28. The summed E-state index contributed by atoms with van der Waals surface area (Å²) >= 11 is 1.27. The fraction of sp³-hybridized carbons (Fsp3) is 0.308. The third kappa shape index (κ3) is 6.73. The van der Waals surface area contributed by atoms with Gasteiger partial charge in [0.1, 0.15) is 5.75 Å². The first-order valence-corrected chi connectivity index (χ1v) is 12.3. The van der Waals surface area contributed by atoms with Crippen LogP contribution in [0.15, 0.2) is 66.3 Å². The lowest BCUT2D eigenvalue weighted by Crippen LogP contribution is -2.33. The number of carbonyl (C=O) groups is 2. The number of ether oxygens (including phenoxy) is 1. The highest BCUT2D eigenvalue weighted by atomic mass is 32.2. The second-order valence-corrected chi connectivity index (χ2v) is 9.28. The summed E-state index contributed by atoms with van der Waals surface area (Å²) < 4.78 is 7.17. The molecule has 184 valence electrons. The summed E-state index contributed by atoms with van der Waals surface area (Å²) in [4.78, 5) is 25.5. The summed E-state index contributed by atoms with van der Waals surface area (Å²) in [5.74, 6) is 1.03. The van der Waals surface area contributed by atoms with Gasteiger partial charge in [-0.05, 0) is 37.1 Å². The second-order valence-electron chi connectivity index (χ2n) is 8.34. The monoisotopic (exact) mass is 493 g/mol. The number of nitrogens with one attached hydrogen (secondary N) is 2. The number of methoxy groups -OCH3 is 1. The van der Waals surface area contributed by atoms with Gasteiger partial charge >= 0.3 is 0 Å². The number of thioether (sulfide) groups is 1. The van der Waals surface area contributed by atoms with Gasteiger partial charge in [-0.25, -0.2) is 0 Å². The number of para-hydroxylation sites is 2. The van der Waals surface area contributed by atoms with Crippen molar-refractivity contribution >= 4 is 29.3 Å². The molecule has 0 aliphatic rings. The molecule has 2 amide bonds. The highest BCUT2D eigenvalue weighted by Gasteiger charge is 2.26. The van der Waals surface area contributed by atoms with Crippen LogP contribution in [-0.2, 0) is 11.3 Å². The Morgan fingerprint density at radius 3 is 2.51 bits per heavy atom. The van der Waals surface area contributed by atoms with Crippen LogP contribution in [-0.4, -0.2) is 39.4 Å². The Morgan fingerprint density at radius 1 is 1.14 bits per heavy atom. The van der Waals surface area contributed by atoms with Gasteiger partial charge in [-0.15, -0.1) is 16.8 Å². The maximum absolute atomic E-state index is 12.9. The molecule has 0 bridgehead atoms. The highest BCUT2D eigenvalue weighted by molar-refractivity contribution is 7.99. The van der Waals surface area contributed by atoms with Crippen molar-refractivity contribution in [2.24, 2.45) is 5.92 Å². The number of aromatic nitrogens is 3. The van der Waals surface area contributed by atoms with Crippen molar-refractivity contribution in [3.05, 3.63) is 78.1 Å². The van der Waals surface area contributed by atoms with Crippen molar-refractivity contribution in [1.82, 2.24) is 20.1 Å². The summed E-state index contributed by atoms with van der Waals surface area (Å²) in [5.41, 5.74) is 2.27. The van der Waals surface area contributed by atoms with E-state index in [1.54, 1.807) is 37.5 Å². The smallest absolute Gasteiger partial charge is 0.251 e. The molecule has 0 aliphatic heterocycles. The lowest BCUT2D eigenvalue weighted by molar-refractivity contribution is -0.113. The Labute approximate surface area is 210 Å². The normalized spacial score (nSPS) is 11.7. The van der Waals surface area contributed by atoms with Crippen LogP contribution in [0.2, 0.25) is 0 Å². The molecule has 2 N–H and O–H groups in total. The fourth-order valence-electron chi connectivity index (χ4n) is 3.46. The van der Waals surface area contributed by atoms with Crippen LogP contribution in [0, 0.1) is 12.8 Å². The second kappa shape index (κ2) is 12.2. The maximum Gasteiger partial charge on any atom is 0.251 e. The van der Waals surface area contributed by atoms with Crippen molar-refractivity contribution in [2.45, 2.75) is 38.5 Å². The van der Waals surface area contributed by atoms with E-state index in [4.69, 9.17) is 4.74 Å². The lowest BCUT2D eigenvalue weighted by Gasteiger charge is -2.22. The van der Waals surface area contributed by atoms with E-state index in [1.807, 2.05) is 49.6 Å². The zero-order valence-electron chi connectivity index (χ0n) is 20.4. The van der Waals surface area contributed by atoms with E-state index >= 15 is 0 Å². The zero-order valence-corrected chi connectivity index (χ0v) is 21.3. The van der Waals surface area contributed by atoms with Crippen molar-refractivity contribution < 1.29 is 14.3 Å². The van der Waals surface area contributed by atoms with E-state index in [-0.39, 0.29) is 29.5 Å². The third-order valence-electron chi connectivity index (χ3n) is 5.32. The molecule has 0 fully saturated rings. The zero-order chi connectivity index (χ0) is 25.4. The Bertz CT molecular complexity index is 1170. The minimum absolute atomic E-state index is 0.0591. The predicted octanol–water partition coefficient (Wildman–Crippen LogP) is 4.64. The molecule has 1 heterocycles. The molecular formula is C26H31N5O3S. The van der Waals surface area contributed by atoms with Gasteiger partial charge in [0, 0.05) is 12.1 Å². The molecule has 8 nitrogen and oxygen atoms in total. The van der Waals surface area contributed by atoms with E-state index in [0.29, 0.717) is 34.5 Å². The average Bonchev–Trinajstić information content (AvgIpc) is 3.24. The fourth-order valence-corrected chi connectivity index (χ4v) is 4.22. The number of aryl methyl sites for hydroxylation is 1. The van der Waals surface area contributed by atoms with Gasteiger partial charge < -0.3 is 19.9 Å². The molecule has 1 atom stereocenters. The van der Waals surface area contributed by atoms with E-state index in [2.05, 4.69) is 27.4 Å². The van der Waals surface area contributed by atoms with Crippen LogP contribution in [0.5, 0.6) is 5.75 Å². The van der Waals surface area contributed by atoms with Crippen LogP contribution in [0.4, 0.5) is 5.69 Å². The molecule has 0 unspecified atom stereocenters. The van der Waals surface area contributed by atoms with E-state index in [9.17, 15) is 9.59 Å². The molecule has 0 saturated heterocycles. The summed E-state index contributed by atoms with van der Waals surface area (Å²) in [5, 5.41) is 15.2. The van der Waals surface area contributed by atoms with Crippen molar-refractivity contribution in [3.8, 4) is 5.75 Å². The molecule has 3 aromatic rings. The Balaban J connectivity index is 1.75. The Morgan fingerprint density at radius 2 is 1.86 bits per heavy atom. The first-order chi connectivity index (χ1) is 16.8. The van der Waals surface area contributed by atoms with Crippen LogP contribution in [0.25, 0.3) is 0 Å². The van der Waals surface area contributed by atoms with Gasteiger partial charge in [0.05, 0.1) is 24.6 Å². The van der Waals surface area contributed by atoms with Gasteiger partial charge in [0.25, 0.3) is 5.91 Å². The van der Waals surface area contributed by atoms with E-state index in [1.165, 1.54) is 11.8 Å². The molecule has 0 aliphatic carbocycles. The summed E-state index contributed by atoms with van der Waals surface area (Å²) in [6.07, 6.45) is 1.74. The highest BCUT2D eigenvalue weighted by Crippen LogP contribution is 2.27. The summed E-state index contributed by atoms with van der Waals surface area (Å²) in [7, 11) is 1.56. The minimum atomic E-state index is -0.368. The number of carbonyl (C=O) groups excluding carboxylic acids is 2. The van der Waals surface area contributed by atoms with Gasteiger partial charge in [-0.2, -0.15) is 0 Å². The number of hydrogen-bond donors (Lipinski definition) is 2. The number of hydrogen-bond acceptors (Lipinski definition) is 6. The minimum Gasteiger partial charge on any atom is -0.495 e. The topological polar surface area (TPSA) is 98.1 Å². The number of benzene rings is 2. The first kappa shape index (κ1) is 26.0. The van der Waals surface area contributed by atoms with Gasteiger partial charge in [-0.1, -0.05) is 61.5 Å². The summed E-state index contributed by atoms with van der Waals surface area (Å²) in [6.45, 7) is 10.3. The van der Waals surface area contributed by atoms with Crippen LogP contribution in [0.1, 0.15) is 41.6 Å². The standard InChI is InChI=1S/C26H31N5O3S/c1-6-15-31-24(23(17(2)3)28-25(33)19-13-11-18(4)12-14-19)29-30-26(31)35-16-22(32)27-20-9-7-8-10-21(20)34-5/h6-14,17,23H,1,15-16H2,2-5H3,(H,27,32)(H,28,33)/t23-/m1/s1. The van der Waals surface area contributed by atoms with Crippen LogP contribution >= 0.6 is 11.8 Å². The SMILES string of the molecule is C=CCn1c(SCC(=O)Nc2ccccc2OC)nnc1[C@H](NC(=O)c1ccc(C)cc1)C(C)C. The van der Waals surface area contributed by atoms with Crippen molar-refractivity contribution in [2.75, 3.05) is 18.2 Å². The molecule has 0 saturated carbocycles. The molecular weight excluding hydrogens is 462 g/mol. The number of anilines is 1. The van der Waals surface area contributed by atoms with Crippen LogP contribution < -0.4 is 15.4 Å². The Kier molecular flexibility index (Phi) is 9.08. The number of allylic oxidation sites excluding steroid dienone is 1. The van der Waals surface area contributed by atoms with Crippen molar-refractivity contribution in [1.29, 1.82) is 0 Å². The molecule has 0 radical (unpaired) electrons. The summed E-state index contributed by atoms with van der Waals surface area (Å²) in [6, 6.07) is 14.3. The van der Waals surface area contributed by atoms with Gasteiger partial charge in [-0.3, -0.25) is 9.59 Å². The first-order valence-electron chi connectivity index (χ1n) is 11.3. The number of rotatable bonds is 11. The molecule has 9 heteroatoms. The predicted molar refractivity (Wildman–Crippen MR) is 139 cm³/mol. The number of amides is 2. The molecule has 35 heavy (non-hydrogen) atoms. The molecule has 2 aromatic carbocycles. The maximum atomic E-state index is 12.9. The molecule has 0 spiro atoms. The Hall–Kier alpha value is -3.59. The quantitative estimate of drug-likeness (QED) is 0.298. The molecule has 1 aromatic heterocycles.